The molecular weight excluding hydrogens is 166 g/mol. The summed E-state index contributed by atoms with van der Waals surface area (Å²) in [6.45, 7) is 1.31. The highest BCUT2D eigenvalue weighted by molar-refractivity contribution is 4.80. The summed E-state index contributed by atoms with van der Waals surface area (Å²) in [5, 5.41) is 9.17. The van der Waals surface area contributed by atoms with Crippen LogP contribution in [0.1, 0.15) is 6.42 Å². The molecule has 0 radical (unpaired) electrons. The SMILES string of the molecule is CN(C)C1N(C)CCC(CO)N1C. The number of likely N-dealkylation sites (N-methyl/N-ethyl adjacent to an activating group) is 1. The van der Waals surface area contributed by atoms with Gasteiger partial charge in [-0.1, -0.05) is 0 Å². The number of aliphatic hydroxyl groups excluding tert-OH is 1. The zero-order valence-electron chi connectivity index (χ0n) is 9.06. The maximum atomic E-state index is 9.17. The van der Waals surface area contributed by atoms with E-state index in [2.05, 4.69) is 42.9 Å². The monoisotopic (exact) mass is 187 g/mol. The Kier molecular flexibility index (Phi) is 3.67. The standard InChI is InChI=1S/C9H21N3O/c1-10(2)9-11(3)6-5-8(7-13)12(9)4/h8-9,13H,5-7H2,1-4H3. The molecule has 1 N–H and O–H groups in total. The second kappa shape index (κ2) is 4.37. The predicted molar refractivity (Wildman–Crippen MR) is 53.4 cm³/mol. The van der Waals surface area contributed by atoms with Crippen LogP contribution in [0.15, 0.2) is 0 Å². The molecule has 0 bridgehead atoms. The second-order valence-corrected chi connectivity index (χ2v) is 4.08. The van der Waals surface area contributed by atoms with E-state index in [4.69, 9.17) is 5.11 Å². The molecule has 4 nitrogen and oxygen atoms in total. The van der Waals surface area contributed by atoms with E-state index in [0.717, 1.165) is 13.0 Å². The number of rotatable bonds is 2. The molecular formula is C9H21N3O. The molecule has 0 aliphatic carbocycles. The van der Waals surface area contributed by atoms with Crippen LogP contribution in [0.4, 0.5) is 0 Å². The molecule has 0 spiro atoms. The van der Waals surface area contributed by atoms with Gasteiger partial charge in [-0.05, 0) is 34.6 Å². The van der Waals surface area contributed by atoms with E-state index in [9.17, 15) is 0 Å². The summed E-state index contributed by atoms with van der Waals surface area (Å²) >= 11 is 0. The first-order valence-electron chi connectivity index (χ1n) is 4.77. The van der Waals surface area contributed by atoms with Crippen LogP contribution in [-0.2, 0) is 0 Å². The Morgan fingerprint density at radius 1 is 1.38 bits per heavy atom. The second-order valence-electron chi connectivity index (χ2n) is 4.08. The fourth-order valence-electron chi connectivity index (χ4n) is 2.15. The van der Waals surface area contributed by atoms with Gasteiger partial charge in [-0.3, -0.25) is 14.7 Å². The normalized spacial score (nSPS) is 32.8. The molecule has 78 valence electrons. The molecule has 1 rings (SSSR count). The van der Waals surface area contributed by atoms with Crippen molar-refractivity contribution >= 4 is 0 Å². The van der Waals surface area contributed by atoms with Crippen molar-refractivity contribution in [3.05, 3.63) is 0 Å². The van der Waals surface area contributed by atoms with Gasteiger partial charge in [0, 0.05) is 12.6 Å². The minimum atomic E-state index is 0.259. The summed E-state index contributed by atoms with van der Waals surface area (Å²) in [5.74, 6) is 0. The summed E-state index contributed by atoms with van der Waals surface area (Å²) in [5.41, 5.74) is 0. The molecule has 2 unspecified atom stereocenters. The molecule has 0 aromatic carbocycles. The average molecular weight is 187 g/mol. The Hall–Kier alpha value is -0.160. The first-order valence-corrected chi connectivity index (χ1v) is 4.77. The van der Waals surface area contributed by atoms with Crippen molar-refractivity contribution in [1.29, 1.82) is 0 Å². The third-order valence-corrected chi connectivity index (χ3v) is 2.82. The quantitative estimate of drug-likeness (QED) is 0.629. The van der Waals surface area contributed by atoms with Crippen LogP contribution in [0.5, 0.6) is 0 Å². The van der Waals surface area contributed by atoms with E-state index < -0.39 is 0 Å². The Morgan fingerprint density at radius 2 is 2.00 bits per heavy atom. The van der Waals surface area contributed by atoms with Crippen LogP contribution in [-0.4, -0.2) is 73.5 Å². The molecule has 0 saturated carbocycles. The summed E-state index contributed by atoms with van der Waals surface area (Å²) < 4.78 is 0. The Bertz CT molecular complexity index is 163. The van der Waals surface area contributed by atoms with Gasteiger partial charge in [0.15, 0.2) is 0 Å². The number of hydrogen-bond donors (Lipinski definition) is 1. The molecule has 13 heavy (non-hydrogen) atoms. The third kappa shape index (κ3) is 2.20. The van der Waals surface area contributed by atoms with Gasteiger partial charge in [0.25, 0.3) is 0 Å². The number of hydrogen-bond acceptors (Lipinski definition) is 4. The fourth-order valence-corrected chi connectivity index (χ4v) is 2.15. The van der Waals surface area contributed by atoms with E-state index in [0.29, 0.717) is 12.3 Å². The van der Waals surface area contributed by atoms with Gasteiger partial charge in [-0.25, -0.2) is 0 Å². The number of nitrogens with zero attached hydrogens (tertiary/aromatic N) is 3. The summed E-state index contributed by atoms with van der Waals surface area (Å²) in [6, 6.07) is 0.309. The highest BCUT2D eigenvalue weighted by Gasteiger charge is 2.31. The van der Waals surface area contributed by atoms with Crippen molar-refractivity contribution < 1.29 is 5.11 Å². The average Bonchev–Trinajstić information content (AvgIpc) is 2.04. The molecule has 0 aromatic rings. The van der Waals surface area contributed by atoms with E-state index in [-0.39, 0.29) is 6.61 Å². The van der Waals surface area contributed by atoms with Crippen molar-refractivity contribution in [2.24, 2.45) is 0 Å². The van der Waals surface area contributed by atoms with Crippen LogP contribution in [0.2, 0.25) is 0 Å². The first kappa shape index (κ1) is 10.9. The molecule has 0 amide bonds. The van der Waals surface area contributed by atoms with Crippen molar-refractivity contribution in [2.45, 2.75) is 18.8 Å². The Morgan fingerprint density at radius 3 is 2.46 bits per heavy atom. The molecule has 4 heteroatoms. The van der Waals surface area contributed by atoms with Gasteiger partial charge >= 0.3 is 0 Å². The van der Waals surface area contributed by atoms with Crippen LogP contribution in [0.25, 0.3) is 0 Å². The lowest BCUT2D eigenvalue weighted by atomic mass is 10.1. The van der Waals surface area contributed by atoms with Gasteiger partial charge in [-0.2, -0.15) is 0 Å². The zero-order valence-corrected chi connectivity index (χ0v) is 9.06. The van der Waals surface area contributed by atoms with Gasteiger partial charge < -0.3 is 5.11 Å². The van der Waals surface area contributed by atoms with Gasteiger partial charge in [0.2, 0.25) is 0 Å². The van der Waals surface area contributed by atoms with E-state index in [1.807, 2.05) is 0 Å². The highest BCUT2D eigenvalue weighted by Crippen LogP contribution is 2.17. The smallest absolute Gasteiger partial charge is 0.118 e. The molecule has 1 heterocycles. The van der Waals surface area contributed by atoms with Crippen LogP contribution >= 0.6 is 0 Å². The van der Waals surface area contributed by atoms with Gasteiger partial charge in [-0.15, -0.1) is 0 Å². The number of aliphatic hydroxyl groups is 1. The van der Waals surface area contributed by atoms with Crippen molar-refractivity contribution in [2.75, 3.05) is 41.3 Å². The van der Waals surface area contributed by atoms with E-state index >= 15 is 0 Å². The lowest BCUT2D eigenvalue weighted by Gasteiger charge is -2.47. The lowest BCUT2D eigenvalue weighted by molar-refractivity contribution is -0.0882. The Balaban J connectivity index is 2.66. The largest absolute Gasteiger partial charge is 0.395 e. The van der Waals surface area contributed by atoms with Crippen molar-refractivity contribution in [3.8, 4) is 0 Å². The highest BCUT2D eigenvalue weighted by atomic mass is 16.3. The van der Waals surface area contributed by atoms with E-state index in [1.54, 1.807) is 0 Å². The molecule has 2 atom stereocenters. The Labute approximate surface area is 80.7 Å². The summed E-state index contributed by atoms with van der Waals surface area (Å²) in [6.07, 6.45) is 1.36. The van der Waals surface area contributed by atoms with Crippen molar-refractivity contribution in [3.63, 3.8) is 0 Å². The fraction of sp³-hybridized carbons (Fsp3) is 1.00. The van der Waals surface area contributed by atoms with Crippen LogP contribution in [0.3, 0.4) is 0 Å². The molecule has 1 fully saturated rings. The minimum Gasteiger partial charge on any atom is -0.395 e. The molecule has 1 saturated heterocycles. The maximum Gasteiger partial charge on any atom is 0.118 e. The minimum absolute atomic E-state index is 0.259. The van der Waals surface area contributed by atoms with Gasteiger partial charge in [0.05, 0.1) is 6.61 Å². The predicted octanol–water partition coefficient (Wildman–Crippen LogP) is -0.540. The lowest BCUT2D eigenvalue weighted by Crippen LogP contribution is -2.61. The summed E-state index contributed by atoms with van der Waals surface area (Å²) in [4.78, 5) is 6.69. The first-order chi connectivity index (χ1) is 6.07. The topological polar surface area (TPSA) is 30.0 Å². The van der Waals surface area contributed by atoms with Crippen LogP contribution < -0.4 is 0 Å². The zero-order chi connectivity index (χ0) is 10.0. The van der Waals surface area contributed by atoms with Gasteiger partial charge in [0.1, 0.15) is 6.29 Å². The maximum absolute atomic E-state index is 9.17. The molecule has 0 aromatic heterocycles. The third-order valence-electron chi connectivity index (χ3n) is 2.82. The van der Waals surface area contributed by atoms with E-state index in [1.165, 1.54) is 0 Å². The molecule has 1 aliphatic rings. The van der Waals surface area contributed by atoms with Crippen LogP contribution in [0, 0.1) is 0 Å². The summed E-state index contributed by atoms with van der Waals surface area (Å²) in [7, 11) is 8.32. The molecule has 1 aliphatic heterocycles. The van der Waals surface area contributed by atoms with Crippen molar-refractivity contribution in [1.82, 2.24) is 14.7 Å².